The number of rotatable bonds is 4. The number of benzene rings is 1. The zero-order valence-electron chi connectivity index (χ0n) is 9.77. The smallest absolute Gasteiger partial charge is 0.199 e. The molecule has 0 N–H and O–H groups in total. The highest BCUT2D eigenvalue weighted by molar-refractivity contribution is 5.91. The molecule has 4 nitrogen and oxygen atoms in total. The molecule has 88 valence electrons. The summed E-state index contributed by atoms with van der Waals surface area (Å²) in [6, 6.07) is 7.65. The average molecular weight is 231 g/mol. The molecule has 0 aliphatic rings. The second-order valence-electron chi connectivity index (χ2n) is 3.67. The van der Waals surface area contributed by atoms with Crippen LogP contribution in [0.3, 0.4) is 0 Å². The largest absolute Gasteiger partial charge is 0.496 e. The van der Waals surface area contributed by atoms with Gasteiger partial charge in [0, 0.05) is 12.5 Å². The van der Waals surface area contributed by atoms with E-state index in [-0.39, 0.29) is 5.78 Å². The molecule has 0 aliphatic carbocycles. The van der Waals surface area contributed by atoms with Gasteiger partial charge in [-0.25, -0.2) is 4.98 Å². The van der Waals surface area contributed by atoms with Crippen LogP contribution in [-0.4, -0.2) is 17.9 Å². The van der Waals surface area contributed by atoms with Gasteiger partial charge in [0.1, 0.15) is 17.7 Å². The van der Waals surface area contributed by atoms with Crippen molar-refractivity contribution in [1.82, 2.24) is 4.98 Å². The lowest BCUT2D eigenvalue weighted by atomic mass is 10.1. The summed E-state index contributed by atoms with van der Waals surface area (Å²) in [5.41, 5.74) is 1.34. The van der Waals surface area contributed by atoms with Crippen LogP contribution in [0.5, 0.6) is 5.75 Å². The van der Waals surface area contributed by atoms with Crippen molar-refractivity contribution in [2.75, 3.05) is 7.11 Å². The molecule has 17 heavy (non-hydrogen) atoms. The SMILES string of the molecule is COc1ccccc1Cc1nc(C(C)=O)co1. The maximum Gasteiger partial charge on any atom is 0.199 e. The van der Waals surface area contributed by atoms with Crippen molar-refractivity contribution in [2.45, 2.75) is 13.3 Å². The fraction of sp³-hybridized carbons (Fsp3) is 0.231. The molecule has 1 aromatic heterocycles. The first kappa shape index (κ1) is 11.4. The Hall–Kier alpha value is -2.10. The lowest BCUT2D eigenvalue weighted by Gasteiger charge is -2.05. The second kappa shape index (κ2) is 4.82. The van der Waals surface area contributed by atoms with Crippen molar-refractivity contribution >= 4 is 5.78 Å². The van der Waals surface area contributed by atoms with Gasteiger partial charge in [-0.15, -0.1) is 0 Å². The van der Waals surface area contributed by atoms with Gasteiger partial charge >= 0.3 is 0 Å². The number of para-hydroxylation sites is 1. The molecular weight excluding hydrogens is 218 g/mol. The third-order valence-electron chi connectivity index (χ3n) is 2.45. The zero-order valence-corrected chi connectivity index (χ0v) is 9.77. The minimum atomic E-state index is -0.0972. The summed E-state index contributed by atoms with van der Waals surface area (Å²) in [5.74, 6) is 1.20. The topological polar surface area (TPSA) is 52.3 Å². The van der Waals surface area contributed by atoms with Crippen molar-refractivity contribution in [2.24, 2.45) is 0 Å². The molecule has 0 saturated carbocycles. The highest BCUT2D eigenvalue weighted by atomic mass is 16.5. The van der Waals surface area contributed by atoms with E-state index in [1.807, 2.05) is 24.3 Å². The van der Waals surface area contributed by atoms with Crippen LogP contribution < -0.4 is 4.74 Å². The van der Waals surface area contributed by atoms with Crippen LogP contribution in [-0.2, 0) is 6.42 Å². The molecule has 4 heteroatoms. The van der Waals surface area contributed by atoms with Gasteiger partial charge in [0.05, 0.1) is 13.5 Å². The van der Waals surface area contributed by atoms with Gasteiger partial charge < -0.3 is 9.15 Å². The lowest BCUT2D eigenvalue weighted by Crippen LogP contribution is -1.96. The monoisotopic (exact) mass is 231 g/mol. The van der Waals surface area contributed by atoms with Gasteiger partial charge in [-0.2, -0.15) is 0 Å². The maximum atomic E-state index is 11.1. The Morgan fingerprint density at radius 2 is 2.18 bits per heavy atom. The summed E-state index contributed by atoms with van der Waals surface area (Å²) < 4.78 is 10.5. The van der Waals surface area contributed by atoms with Crippen LogP contribution >= 0.6 is 0 Å². The molecule has 0 fully saturated rings. The number of ketones is 1. The van der Waals surface area contributed by atoms with Gasteiger partial charge in [0.2, 0.25) is 0 Å². The Bertz CT molecular complexity index is 531. The van der Waals surface area contributed by atoms with Crippen molar-refractivity contribution in [3.05, 3.63) is 47.7 Å². The van der Waals surface area contributed by atoms with Crippen molar-refractivity contribution < 1.29 is 13.9 Å². The number of hydrogen-bond donors (Lipinski definition) is 0. The van der Waals surface area contributed by atoms with E-state index in [0.717, 1.165) is 11.3 Å². The minimum Gasteiger partial charge on any atom is -0.496 e. The van der Waals surface area contributed by atoms with Gasteiger partial charge in [-0.05, 0) is 6.07 Å². The molecule has 0 unspecified atom stereocenters. The second-order valence-corrected chi connectivity index (χ2v) is 3.67. The Kier molecular flexibility index (Phi) is 3.23. The Labute approximate surface area is 99.2 Å². The third-order valence-corrected chi connectivity index (χ3v) is 2.45. The maximum absolute atomic E-state index is 11.1. The zero-order chi connectivity index (χ0) is 12.3. The summed E-state index contributed by atoms with van der Waals surface area (Å²) in [6.45, 7) is 1.46. The summed E-state index contributed by atoms with van der Waals surface area (Å²) in [5, 5.41) is 0. The quantitative estimate of drug-likeness (QED) is 0.758. The highest BCUT2D eigenvalue weighted by Crippen LogP contribution is 2.20. The number of hydrogen-bond acceptors (Lipinski definition) is 4. The van der Waals surface area contributed by atoms with Crippen molar-refractivity contribution in [1.29, 1.82) is 0 Å². The van der Waals surface area contributed by atoms with E-state index in [1.165, 1.54) is 13.2 Å². The molecule has 0 radical (unpaired) electrons. The minimum absolute atomic E-state index is 0.0972. The standard InChI is InChI=1S/C13H13NO3/c1-9(15)11-8-17-13(14-11)7-10-5-3-4-6-12(10)16-2/h3-6,8H,7H2,1-2H3. The van der Waals surface area contributed by atoms with Crippen molar-refractivity contribution in [3.8, 4) is 5.75 Å². The molecule has 2 rings (SSSR count). The summed E-state index contributed by atoms with van der Waals surface area (Å²) in [7, 11) is 1.62. The number of oxazole rings is 1. The molecule has 1 aromatic carbocycles. The number of carbonyl (C=O) groups is 1. The van der Waals surface area contributed by atoms with Crippen LogP contribution in [0.15, 0.2) is 34.9 Å². The molecule has 0 bridgehead atoms. The Morgan fingerprint density at radius 3 is 2.82 bits per heavy atom. The molecular formula is C13H13NO3. The number of carbonyl (C=O) groups excluding carboxylic acids is 1. The first-order valence-electron chi connectivity index (χ1n) is 5.28. The lowest BCUT2D eigenvalue weighted by molar-refractivity contribution is 0.101. The number of aromatic nitrogens is 1. The molecule has 0 aliphatic heterocycles. The van der Waals surface area contributed by atoms with E-state index in [2.05, 4.69) is 4.98 Å². The average Bonchev–Trinajstić information content (AvgIpc) is 2.78. The van der Waals surface area contributed by atoms with E-state index in [1.54, 1.807) is 7.11 Å². The number of nitrogens with zero attached hydrogens (tertiary/aromatic N) is 1. The number of methoxy groups -OCH3 is 1. The van der Waals surface area contributed by atoms with E-state index in [9.17, 15) is 4.79 Å². The fourth-order valence-corrected chi connectivity index (χ4v) is 1.57. The van der Waals surface area contributed by atoms with Gasteiger partial charge in [0.15, 0.2) is 11.7 Å². The first-order chi connectivity index (χ1) is 8.20. The van der Waals surface area contributed by atoms with Crippen LogP contribution in [0.25, 0.3) is 0 Å². The van der Waals surface area contributed by atoms with Crippen LogP contribution in [0.4, 0.5) is 0 Å². The normalized spacial score (nSPS) is 10.2. The Balaban J connectivity index is 2.22. The van der Waals surface area contributed by atoms with Gasteiger partial charge in [-0.1, -0.05) is 18.2 Å². The predicted molar refractivity (Wildman–Crippen MR) is 62.3 cm³/mol. The van der Waals surface area contributed by atoms with E-state index in [0.29, 0.717) is 18.0 Å². The van der Waals surface area contributed by atoms with Crippen LogP contribution in [0, 0.1) is 0 Å². The fourth-order valence-electron chi connectivity index (χ4n) is 1.57. The number of Topliss-reactive ketones (excluding diaryl/α,β-unsaturated/α-hetero) is 1. The van der Waals surface area contributed by atoms with Gasteiger partial charge in [-0.3, -0.25) is 4.79 Å². The van der Waals surface area contributed by atoms with E-state index in [4.69, 9.17) is 9.15 Å². The molecule has 0 atom stereocenters. The number of ether oxygens (including phenoxy) is 1. The molecule has 2 aromatic rings. The molecule has 0 saturated heterocycles. The van der Waals surface area contributed by atoms with Crippen molar-refractivity contribution in [3.63, 3.8) is 0 Å². The van der Waals surface area contributed by atoms with Gasteiger partial charge in [0.25, 0.3) is 0 Å². The van der Waals surface area contributed by atoms with E-state index < -0.39 is 0 Å². The van der Waals surface area contributed by atoms with Crippen LogP contribution in [0.2, 0.25) is 0 Å². The highest BCUT2D eigenvalue weighted by Gasteiger charge is 2.10. The summed E-state index contributed by atoms with van der Waals surface area (Å²) in [6.07, 6.45) is 1.89. The van der Waals surface area contributed by atoms with Crippen LogP contribution in [0.1, 0.15) is 28.9 Å². The summed E-state index contributed by atoms with van der Waals surface area (Å²) >= 11 is 0. The summed E-state index contributed by atoms with van der Waals surface area (Å²) in [4.78, 5) is 15.2. The van der Waals surface area contributed by atoms with E-state index >= 15 is 0 Å². The Morgan fingerprint density at radius 1 is 1.41 bits per heavy atom. The molecule has 0 amide bonds. The molecule has 0 spiro atoms. The molecule has 1 heterocycles. The third kappa shape index (κ3) is 2.53. The predicted octanol–water partition coefficient (Wildman–Crippen LogP) is 2.48. The first-order valence-corrected chi connectivity index (χ1v) is 5.28.